The van der Waals surface area contributed by atoms with Crippen LogP contribution in [0.3, 0.4) is 0 Å². The van der Waals surface area contributed by atoms with Crippen LogP contribution in [-0.4, -0.2) is 26.6 Å². The van der Waals surface area contributed by atoms with Crippen LogP contribution in [0.25, 0.3) is 0 Å². The molecular weight excluding hydrogens is 228 g/mol. The third-order valence-corrected chi connectivity index (χ3v) is 8.74. The Labute approximate surface area is 109 Å². The lowest BCUT2D eigenvalue weighted by Crippen LogP contribution is -2.41. The van der Waals surface area contributed by atoms with Gasteiger partial charge in [0.15, 0.2) is 8.32 Å². The Morgan fingerprint density at radius 1 is 1.12 bits per heavy atom. The summed E-state index contributed by atoms with van der Waals surface area (Å²) >= 11 is 0. The Kier molecular flexibility index (Phi) is 6.96. The molecule has 0 heterocycles. The molecule has 0 fully saturated rings. The lowest BCUT2D eigenvalue weighted by atomic mass is 9.90. The van der Waals surface area contributed by atoms with E-state index < -0.39 is 8.32 Å². The first-order valence-electron chi connectivity index (χ1n) is 6.86. The summed E-state index contributed by atoms with van der Waals surface area (Å²) in [6, 6.07) is 0. The molecule has 0 amide bonds. The van der Waals surface area contributed by atoms with Crippen LogP contribution in [0.4, 0.5) is 0 Å². The Morgan fingerprint density at radius 2 is 1.65 bits per heavy atom. The second-order valence-corrected chi connectivity index (χ2v) is 11.7. The van der Waals surface area contributed by atoms with E-state index in [-0.39, 0.29) is 5.04 Å². The van der Waals surface area contributed by atoms with Gasteiger partial charge in [-0.3, -0.25) is 0 Å². The van der Waals surface area contributed by atoms with Crippen molar-refractivity contribution in [2.75, 3.05) is 13.2 Å². The number of aliphatic hydroxyl groups is 1. The van der Waals surface area contributed by atoms with Crippen molar-refractivity contribution in [3.05, 3.63) is 0 Å². The first-order chi connectivity index (χ1) is 7.62. The third-order valence-electron chi connectivity index (χ3n) is 4.20. The quantitative estimate of drug-likeness (QED) is 0.700. The van der Waals surface area contributed by atoms with Gasteiger partial charge >= 0.3 is 0 Å². The van der Waals surface area contributed by atoms with Gasteiger partial charge in [0.1, 0.15) is 0 Å². The number of rotatable bonds is 7. The minimum absolute atomic E-state index is 0.289. The van der Waals surface area contributed by atoms with Crippen molar-refractivity contribution in [2.24, 2.45) is 11.8 Å². The molecule has 0 aliphatic rings. The van der Waals surface area contributed by atoms with Crippen LogP contribution >= 0.6 is 0 Å². The first kappa shape index (κ1) is 17.1. The Bertz CT molecular complexity index is 207. The highest BCUT2D eigenvalue weighted by atomic mass is 28.4. The summed E-state index contributed by atoms with van der Waals surface area (Å²) in [5.41, 5.74) is 0. The summed E-state index contributed by atoms with van der Waals surface area (Å²) in [6.45, 7) is 17.0. The van der Waals surface area contributed by atoms with E-state index in [1.165, 1.54) is 0 Å². The normalized spacial score (nSPS) is 15.4. The first-order valence-corrected chi connectivity index (χ1v) is 9.77. The molecule has 1 N–H and O–H groups in total. The zero-order valence-corrected chi connectivity index (χ0v) is 13.8. The molecule has 0 bridgehead atoms. The fraction of sp³-hybridized carbons (Fsp3) is 1.00. The minimum atomic E-state index is -1.59. The van der Waals surface area contributed by atoms with E-state index >= 15 is 0 Å². The van der Waals surface area contributed by atoms with Crippen LogP contribution in [-0.2, 0) is 4.43 Å². The van der Waals surface area contributed by atoms with Gasteiger partial charge < -0.3 is 9.53 Å². The molecule has 0 radical (unpaired) electrons. The van der Waals surface area contributed by atoms with Crippen molar-refractivity contribution in [1.82, 2.24) is 0 Å². The maximum Gasteiger partial charge on any atom is 0.191 e. The highest BCUT2D eigenvalue weighted by Gasteiger charge is 2.37. The summed E-state index contributed by atoms with van der Waals surface area (Å²) in [4.78, 5) is 0. The molecular formula is C14H32O2Si. The standard InChI is InChI=1S/C14H32O2Si/c1-12(2)13(8-10-15)9-11-16-17(6,7)14(3,4)5/h12-13,15H,8-11H2,1-7H3/t13-/m0/s1. The second-order valence-electron chi connectivity index (χ2n) is 6.91. The van der Waals surface area contributed by atoms with Crippen molar-refractivity contribution in [1.29, 1.82) is 0 Å². The van der Waals surface area contributed by atoms with E-state index in [0.29, 0.717) is 18.4 Å². The van der Waals surface area contributed by atoms with Gasteiger partial charge in [0.05, 0.1) is 0 Å². The van der Waals surface area contributed by atoms with Crippen LogP contribution in [0, 0.1) is 11.8 Å². The lowest BCUT2D eigenvalue weighted by Gasteiger charge is -2.36. The summed E-state index contributed by atoms with van der Waals surface area (Å²) in [7, 11) is -1.59. The predicted molar refractivity (Wildman–Crippen MR) is 77.8 cm³/mol. The molecule has 0 saturated heterocycles. The summed E-state index contributed by atoms with van der Waals surface area (Å²) in [5, 5.41) is 9.33. The average molecular weight is 260 g/mol. The van der Waals surface area contributed by atoms with E-state index in [1.807, 2.05) is 0 Å². The number of hydrogen-bond donors (Lipinski definition) is 1. The summed E-state index contributed by atoms with van der Waals surface area (Å²) in [5.74, 6) is 1.22. The van der Waals surface area contributed by atoms with Crippen molar-refractivity contribution in [3.63, 3.8) is 0 Å². The van der Waals surface area contributed by atoms with Crippen LogP contribution in [0.5, 0.6) is 0 Å². The molecule has 0 spiro atoms. The van der Waals surface area contributed by atoms with Crippen LogP contribution < -0.4 is 0 Å². The maximum atomic E-state index is 9.04. The van der Waals surface area contributed by atoms with Crippen LogP contribution in [0.2, 0.25) is 18.1 Å². The minimum Gasteiger partial charge on any atom is -0.417 e. The smallest absolute Gasteiger partial charge is 0.191 e. The third kappa shape index (κ3) is 6.02. The van der Waals surface area contributed by atoms with Crippen molar-refractivity contribution in [3.8, 4) is 0 Å². The number of hydrogen-bond acceptors (Lipinski definition) is 2. The van der Waals surface area contributed by atoms with Crippen molar-refractivity contribution in [2.45, 2.75) is 65.6 Å². The molecule has 0 aliphatic carbocycles. The fourth-order valence-electron chi connectivity index (χ4n) is 1.66. The summed E-state index contributed by atoms with van der Waals surface area (Å²) < 4.78 is 6.18. The summed E-state index contributed by atoms with van der Waals surface area (Å²) in [6.07, 6.45) is 1.98. The molecule has 0 unspecified atom stereocenters. The second kappa shape index (κ2) is 6.91. The number of aliphatic hydroxyl groups excluding tert-OH is 1. The largest absolute Gasteiger partial charge is 0.417 e. The van der Waals surface area contributed by atoms with E-state index in [0.717, 1.165) is 19.4 Å². The topological polar surface area (TPSA) is 29.5 Å². The fourth-order valence-corrected chi connectivity index (χ4v) is 2.72. The van der Waals surface area contributed by atoms with Gasteiger partial charge in [0.2, 0.25) is 0 Å². The molecule has 17 heavy (non-hydrogen) atoms. The monoisotopic (exact) mass is 260 g/mol. The zero-order valence-electron chi connectivity index (χ0n) is 12.8. The Balaban J connectivity index is 4.12. The van der Waals surface area contributed by atoms with Gasteiger partial charge in [-0.25, -0.2) is 0 Å². The van der Waals surface area contributed by atoms with Crippen LogP contribution in [0.1, 0.15) is 47.5 Å². The lowest BCUT2D eigenvalue weighted by molar-refractivity contribution is 0.189. The van der Waals surface area contributed by atoms with Gasteiger partial charge in [-0.2, -0.15) is 0 Å². The highest BCUT2D eigenvalue weighted by Crippen LogP contribution is 2.36. The molecule has 0 aromatic heterocycles. The van der Waals surface area contributed by atoms with Gasteiger partial charge in [-0.15, -0.1) is 0 Å². The maximum absolute atomic E-state index is 9.04. The van der Waals surface area contributed by atoms with E-state index in [9.17, 15) is 0 Å². The van der Waals surface area contributed by atoms with Gasteiger partial charge in [0.25, 0.3) is 0 Å². The zero-order chi connectivity index (χ0) is 13.7. The van der Waals surface area contributed by atoms with Crippen LogP contribution in [0.15, 0.2) is 0 Å². The molecule has 3 heteroatoms. The van der Waals surface area contributed by atoms with E-state index in [4.69, 9.17) is 9.53 Å². The average Bonchev–Trinajstić information content (AvgIpc) is 2.14. The molecule has 0 aromatic carbocycles. The molecule has 0 aliphatic heterocycles. The van der Waals surface area contributed by atoms with Crippen molar-refractivity contribution < 1.29 is 9.53 Å². The molecule has 0 saturated carbocycles. The van der Waals surface area contributed by atoms with Gasteiger partial charge in [0, 0.05) is 13.2 Å². The molecule has 2 nitrogen and oxygen atoms in total. The van der Waals surface area contributed by atoms with Gasteiger partial charge in [-0.1, -0.05) is 34.6 Å². The molecule has 0 aromatic rings. The predicted octanol–water partition coefficient (Wildman–Crippen LogP) is 4.05. The van der Waals surface area contributed by atoms with Gasteiger partial charge in [-0.05, 0) is 42.8 Å². The van der Waals surface area contributed by atoms with E-state index in [2.05, 4.69) is 47.7 Å². The SMILES string of the molecule is CC(C)[C@@H](CCO)CCO[Si](C)(C)C(C)(C)C. The Hall–Kier alpha value is 0.137. The molecule has 1 atom stereocenters. The molecule has 104 valence electrons. The Morgan fingerprint density at radius 3 is 2.00 bits per heavy atom. The van der Waals surface area contributed by atoms with E-state index in [1.54, 1.807) is 0 Å². The van der Waals surface area contributed by atoms with Crippen molar-refractivity contribution >= 4 is 8.32 Å². The molecule has 0 rings (SSSR count). The highest BCUT2D eigenvalue weighted by molar-refractivity contribution is 6.74.